The quantitative estimate of drug-likeness (QED) is 0.689. The van der Waals surface area contributed by atoms with Gasteiger partial charge in [0.05, 0.1) is 4.90 Å². The van der Waals surface area contributed by atoms with Gasteiger partial charge in [-0.05, 0) is 44.7 Å². The zero-order valence-electron chi connectivity index (χ0n) is 12.3. The lowest BCUT2D eigenvalue weighted by Gasteiger charge is -2.18. The summed E-state index contributed by atoms with van der Waals surface area (Å²) in [7, 11) is -3.45. The van der Waals surface area contributed by atoms with Gasteiger partial charge in [0, 0.05) is 12.6 Å². The van der Waals surface area contributed by atoms with E-state index >= 15 is 0 Å². The molecule has 1 rings (SSSR count). The lowest BCUT2D eigenvalue weighted by molar-refractivity contribution is 0.280. The number of hydrogen-bond acceptors (Lipinski definition) is 3. The summed E-state index contributed by atoms with van der Waals surface area (Å²) >= 11 is 0. The smallest absolute Gasteiger partial charge is 0.240 e. The Morgan fingerprint density at radius 1 is 1.15 bits per heavy atom. The molecule has 0 spiro atoms. The monoisotopic (exact) mass is 299 g/mol. The Morgan fingerprint density at radius 2 is 1.80 bits per heavy atom. The highest BCUT2D eigenvalue weighted by atomic mass is 32.2. The van der Waals surface area contributed by atoms with Crippen LogP contribution < -0.4 is 4.72 Å². The van der Waals surface area contributed by atoms with E-state index in [1.807, 2.05) is 13.8 Å². The van der Waals surface area contributed by atoms with Crippen molar-refractivity contribution in [1.29, 1.82) is 0 Å². The van der Waals surface area contributed by atoms with Crippen LogP contribution in [0.5, 0.6) is 0 Å². The summed E-state index contributed by atoms with van der Waals surface area (Å²) in [5.74, 6) is 0. The molecule has 0 saturated carbocycles. The molecular formula is C15H25NO3S. The first-order valence-corrected chi connectivity index (χ1v) is 8.67. The minimum Gasteiger partial charge on any atom is -0.396 e. The van der Waals surface area contributed by atoms with Crippen LogP contribution in [0, 0.1) is 6.92 Å². The molecule has 0 aliphatic carbocycles. The van der Waals surface area contributed by atoms with E-state index in [0.29, 0.717) is 11.3 Å². The van der Waals surface area contributed by atoms with Gasteiger partial charge < -0.3 is 5.11 Å². The number of nitrogens with one attached hydrogen (secondary N) is 1. The van der Waals surface area contributed by atoms with Crippen LogP contribution in [0.4, 0.5) is 0 Å². The molecule has 0 heterocycles. The fourth-order valence-corrected chi connectivity index (χ4v) is 3.42. The van der Waals surface area contributed by atoms with Crippen LogP contribution >= 0.6 is 0 Å². The van der Waals surface area contributed by atoms with Crippen molar-refractivity contribution in [1.82, 2.24) is 4.72 Å². The van der Waals surface area contributed by atoms with Gasteiger partial charge >= 0.3 is 0 Å². The number of benzene rings is 1. The highest BCUT2D eigenvalue weighted by Gasteiger charge is 2.19. The summed E-state index contributed by atoms with van der Waals surface area (Å²) in [6, 6.07) is 6.81. The fourth-order valence-electron chi connectivity index (χ4n) is 2.12. The Bertz CT molecular complexity index is 482. The number of unbranched alkanes of at least 4 members (excludes halogenated alkanes) is 1. The third-order valence-electron chi connectivity index (χ3n) is 3.25. The molecule has 0 saturated heterocycles. The second-order valence-corrected chi connectivity index (χ2v) is 6.85. The maximum absolute atomic E-state index is 12.3. The molecule has 114 valence electrons. The Labute approximate surface area is 122 Å². The zero-order valence-corrected chi connectivity index (χ0v) is 13.1. The summed E-state index contributed by atoms with van der Waals surface area (Å²) in [5.41, 5.74) is 1.04. The molecule has 0 unspecified atom stereocenters. The van der Waals surface area contributed by atoms with E-state index in [-0.39, 0.29) is 12.6 Å². The van der Waals surface area contributed by atoms with Gasteiger partial charge in [0.25, 0.3) is 0 Å². The van der Waals surface area contributed by atoms with E-state index in [4.69, 9.17) is 5.11 Å². The molecule has 0 aliphatic rings. The number of aryl methyl sites for hydroxylation is 1. The standard InChI is InChI=1S/C15H25NO3S/c1-3-6-14(7-4-5-12-17)16-20(18,19)15-10-8-13(2)9-11-15/h8-11,14,16-17H,3-7,12H2,1-2H3/t14-/m0/s1. The van der Waals surface area contributed by atoms with Crippen LogP contribution in [0.1, 0.15) is 44.6 Å². The first kappa shape index (κ1) is 17.1. The van der Waals surface area contributed by atoms with Crippen LogP contribution in [0.2, 0.25) is 0 Å². The van der Waals surface area contributed by atoms with E-state index in [1.165, 1.54) is 0 Å². The zero-order chi connectivity index (χ0) is 15.0. The normalized spacial score (nSPS) is 13.3. The van der Waals surface area contributed by atoms with Crippen molar-refractivity contribution in [2.24, 2.45) is 0 Å². The van der Waals surface area contributed by atoms with Crippen molar-refractivity contribution in [3.05, 3.63) is 29.8 Å². The van der Waals surface area contributed by atoms with Crippen molar-refractivity contribution in [2.75, 3.05) is 6.61 Å². The molecule has 20 heavy (non-hydrogen) atoms. The second-order valence-electron chi connectivity index (χ2n) is 5.14. The predicted octanol–water partition coefficient (Wildman–Crippen LogP) is 2.60. The van der Waals surface area contributed by atoms with Crippen LogP contribution in [0.3, 0.4) is 0 Å². The number of sulfonamides is 1. The number of aliphatic hydroxyl groups is 1. The summed E-state index contributed by atoms with van der Waals surface area (Å²) in [5, 5.41) is 8.81. The lowest BCUT2D eigenvalue weighted by atomic mass is 10.1. The molecule has 0 fully saturated rings. The predicted molar refractivity (Wildman–Crippen MR) is 81.1 cm³/mol. The van der Waals surface area contributed by atoms with Gasteiger partial charge in [-0.1, -0.05) is 31.0 Å². The molecule has 0 amide bonds. The molecule has 1 aromatic carbocycles. The van der Waals surface area contributed by atoms with Gasteiger partial charge in [-0.2, -0.15) is 0 Å². The minimum absolute atomic E-state index is 0.0575. The van der Waals surface area contributed by atoms with Crippen molar-refractivity contribution < 1.29 is 13.5 Å². The average molecular weight is 299 g/mol. The topological polar surface area (TPSA) is 66.4 Å². The Kier molecular flexibility index (Phi) is 7.19. The number of hydrogen-bond donors (Lipinski definition) is 2. The molecule has 5 heteroatoms. The second kappa shape index (κ2) is 8.39. The average Bonchev–Trinajstić information content (AvgIpc) is 2.39. The van der Waals surface area contributed by atoms with Gasteiger partial charge in [0.1, 0.15) is 0 Å². The van der Waals surface area contributed by atoms with Crippen molar-refractivity contribution in [2.45, 2.75) is 56.9 Å². The van der Waals surface area contributed by atoms with Crippen LogP contribution in [0.25, 0.3) is 0 Å². The SMILES string of the molecule is CCC[C@@H](CCCCO)NS(=O)(=O)c1ccc(C)cc1. The molecule has 0 radical (unpaired) electrons. The molecule has 1 atom stereocenters. The largest absolute Gasteiger partial charge is 0.396 e. The maximum atomic E-state index is 12.3. The molecule has 4 nitrogen and oxygen atoms in total. The van der Waals surface area contributed by atoms with E-state index in [1.54, 1.807) is 24.3 Å². The number of rotatable bonds is 9. The van der Waals surface area contributed by atoms with Crippen LogP contribution in [-0.4, -0.2) is 26.2 Å². The van der Waals surface area contributed by atoms with E-state index in [0.717, 1.165) is 31.2 Å². The summed E-state index contributed by atoms with van der Waals surface area (Å²) in [6.45, 7) is 4.13. The van der Waals surface area contributed by atoms with Crippen molar-refractivity contribution in [3.63, 3.8) is 0 Å². The van der Waals surface area contributed by atoms with Gasteiger partial charge in [-0.3, -0.25) is 0 Å². The summed E-state index contributed by atoms with van der Waals surface area (Å²) in [6.07, 6.45) is 4.06. The van der Waals surface area contributed by atoms with Crippen molar-refractivity contribution >= 4 is 10.0 Å². The number of aliphatic hydroxyl groups excluding tert-OH is 1. The van der Waals surface area contributed by atoms with Crippen molar-refractivity contribution in [3.8, 4) is 0 Å². The Hall–Kier alpha value is -0.910. The van der Waals surface area contributed by atoms with Crippen LogP contribution in [0.15, 0.2) is 29.2 Å². The summed E-state index contributed by atoms with van der Waals surface area (Å²) in [4.78, 5) is 0.311. The highest BCUT2D eigenvalue weighted by Crippen LogP contribution is 2.14. The maximum Gasteiger partial charge on any atom is 0.240 e. The lowest BCUT2D eigenvalue weighted by Crippen LogP contribution is -2.34. The molecular weight excluding hydrogens is 274 g/mol. The fraction of sp³-hybridized carbons (Fsp3) is 0.600. The highest BCUT2D eigenvalue weighted by molar-refractivity contribution is 7.89. The third kappa shape index (κ3) is 5.61. The molecule has 2 N–H and O–H groups in total. The minimum atomic E-state index is -3.45. The van der Waals surface area contributed by atoms with Gasteiger partial charge in [0.2, 0.25) is 10.0 Å². The van der Waals surface area contributed by atoms with E-state index in [9.17, 15) is 8.42 Å². The van der Waals surface area contributed by atoms with E-state index < -0.39 is 10.0 Å². The first-order chi connectivity index (χ1) is 9.49. The molecule has 0 aromatic heterocycles. The molecule has 0 aliphatic heterocycles. The van der Waals surface area contributed by atoms with Gasteiger partial charge in [0.15, 0.2) is 0 Å². The molecule has 1 aromatic rings. The van der Waals surface area contributed by atoms with Gasteiger partial charge in [-0.25, -0.2) is 13.1 Å². The van der Waals surface area contributed by atoms with E-state index in [2.05, 4.69) is 4.72 Å². The Morgan fingerprint density at radius 3 is 2.35 bits per heavy atom. The molecule has 0 bridgehead atoms. The van der Waals surface area contributed by atoms with Gasteiger partial charge in [-0.15, -0.1) is 0 Å². The van der Waals surface area contributed by atoms with Crippen LogP contribution in [-0.2, 0) is 10.0 Å². The first-order valence-electron chi connectivity index (χ1n) is 7.19. The summed E-state index contributed by atoms with van der Waals surface area (Å²) < 4.78 is 27.4. The Balaban J connectivity index is 2.72. The third-order valence-corrected chi connectivity index (χ3v) is 4.79.